The maximum Gasteiger partial charge on any atom is 0.245 e. The van der Waals surface area contributed by atoms with Gasteiger partial charge in [0, 0.05) is 6.20 Å². The first-order valence-electron chi connectivity index (χ1n) is 3.22. The van der Waals surface area contributed by atoms with Gasteiger partial charge in [-0.05, 0) is 12.1 Å². The molecule has 0 saturated carbocycles. The molecule has 2 heterocycles. The summed E-state index contributed by atoms with van der Waals surface area (Å²) in [5, 5.41) is 0. The molecule has 3 heteroatoms. The topological polar surface area (TPSA) is 34.5 Å². The Bertz CT molecular complexity index is 331. The Morgan fingerprint density at radius 1 is 1.45 bits per heavy atom. The SMILES string of the molecule is C=C1C=Nc2cccnc2O1. The number of aromatic nitrogens is 1. The van der Waals surface area contributed by atoms with Crippen LogP contribution < -0.4 is 4.74 Å². The molecule has 0 spiro atoms. The summed E-state index contributed by atoms with van der Waals surface area (Å²) in [6, 6.07) is 3.65. The summed E-state index contributed by atoms with van der Waals surface area (Å²) in [5.74, 6) is 1.05. The molecule has 0 N–H and O–H groups in total. The maximum absolute atomic E-state index is 5.18. The Hall–Kier alpha value is -1.64. The molecule has 3 nitrogen and oxygen atoms in total. The van der Waals surface area contributed by atoms with E-state index in [1.54, 1.807) is 12.4 Å². The number of aliphatic imine (C=N–C) groups is 1. The lowest BCUT2D eigenvalue weighted by Gasteiger charge is -2.09. The molecule has 0 radical (unpaired) electrons. The summed E-state index contributed by atoms with van der Waals surface area (Å²) in [7, 11) is 0. The van der Waals surface area contributed by atoms with Crippen LogP contribution in [-0.4, -0.2) is 11.2 Å². The summed E-state index contributed by atoms with van der Waals surface area (Å²) in [5.41, 5.74) is 0.750. The van der Waals surface area contributed by atoms with Gasteiger partial charge in [-0.1, -0.05) is 6.58 Å². The van der Waals surface area contributed by atoms with Crippen molar-refractivity contribution in [3.8, 4) is 5.88 Å². The lowest BCUT2D eigenvalue weighted by atomic mass is 10.4. The quantitative estimate of drug-likeness (QED) is 0.558. The number of pyridine rings is 1. The molecule has 0 aromatic carbocycles. The minimum atomic E-state index is 0.524. The second-order valence-corrected chi connectivity index (χ2v) is 2.15. The van der Waals surface area contributed by atoms with Gasteiger partial charge in [-0.3, -0.25) is 0 Å². The predicted octanol–water partition coefficient (Wildman–Crippen LogP) is 1.69. The Labute approximate surface area is 64.1 Å². The number of allylic oxidation sites excluding steroid dienone is 1. The van der Waals surface area contributed by atoms with Crippen molar-refractivity contribution in [1.82, 2.24) is 4.98 Å². The standard InChI is InChI=1S/C8H6N2O/c1-6-5-10-7-3-2-4-9-8(7)11-6/h2-5H,1H2. The van der Waals surface area contributed by atoms with Crippen LogP contribution in [0.15, 0.2) is 35.7 Å². The molecule has 1 aliphatic heterocycles. The van der Waals surface area contributed by atoms with Gasteiger partial charge in [0.15, 0.2) is 0 Å². The first kappa shape index (κ1) is 6.09. The van der Waals surface area contributed by atoms with Crippen LogP contribution in [0.1, 0.15) is 0 Å². The summed E-state index contributed by atoms with van der Waals surface area (Å²) < 4.78 is 5.18. The number of rotatable bonds is 0. The predicted molar refractivity (Wildman–Crippen MR) is 42.2 cm³/mol. The molecule has 0 saturated heterocycles. The van der Waals surface area contributed by atoms with E-state index in [2.05, 4.69) is 16.6 Å². The zero-order chi connectivity index (χ0) is 7.68. The molecular weight excluding hydrogens is 140 g/mol. The molecule has 0 fully saturated rings. The Morgan fingerprint density at radius 2 is 2.36 bits per heavy atom. The highest BCUT2D eigenvalue weighted by molar-refractivity contribution is 5.81. The fourth-order valence-electron chi connectivity index (χ4n) is 0.851. The van der Waals surface area contributed by atoms with E-state index in [9.17, 15) is 0 Å². The number of ether oxygens (including phenoxy) is 1. The minimum Gasteiger partial charge on any atom is -0.436 e. The molecule has 1 aliphatic rings. The van der Waals surface area contributed by atoms with Gasteiger partial charge < -0.3 is 4.74 Å². The van der Waals surface area contributed by atoms with Crippen molar-refractivity contribution >= 4 is 11.9 Å². The van der Waals surface area contributed by atoms with Crippen LogP contribution in [0.4, 0.5) is 5.69 Å². The monoisotopic (exact) mass is 146 g/mol. The fourth-order valence-corrected chi connectivity index (χ4v) is 0.851. The van der Waals surface area contributed by atoms with Gasteiger partial charge >= 0.3 is 0 Å². The van der Waals surface area contributed by atoms with Crippen LogP contribution in [0.2, 0.25) is 0 Å². The molecule has 0 unspecified atom stereocenters. The number of nitrogens with zero attached hydrogens (tertiary/aromatic N) is 2. The zero-order valence-electron chi connectivity index (χ0n) is 5.82. The minimum absolute atomic E-state index is 0.524. The molecule has 54 valence electrons. The summed E-state index contributed by atoms with van der Waals surface area (Å²) in [4.78, 5) is 8.03. The molecular formula is C8H6N2O. The molecule has 0 bridgehead atoms. The number of hydrogen-bond acceptors (Lipinski definition) is 3. The van der Waals surface area contributed by atoms with Crippen molar-refractivity contribution in [2.24, 2.45) is 4.99 Å². The third-order valence-electron chi connectivity index (χ3n) is 1.33. The van der Waals surface area contributed by atoms with E-state index in [0.717, 1.165) is 5.69 Å². The molecule has 11 heavy (non-hydrogen) atoms. The number of hydrogen-bond donors (Lipinski definition) is 0. The zero-order valence-corrected chi connectivity index (χ0v) is 5.82. The first-order chi connectivity index (χ1) is 5.36. The van der Waals surface area contributed by atoms with Crippen molar-refractivity contribution in [1.29, 1.82) is 0 Å². The second kappa shape index (κ2) is 2.20. The van der Waals surface area contributed by atoms with Gasteiger partial charge in [-0.25, -0.2) is 9.98 Å². The lowest BCUT2D eigenvalue weighted by molar-refractivity contribution is 0.437. The highest BCUT2D eigenvalue weighted by Crippen LogP contribution is 2.27. The Morgan fingerprint density at radius 3 is 3.27 bits per heavy atom. The smallest absolute Gasteiger partial charge is 0.245 e. The van der Waals surface area contributed by atoms with Crippen LogP contribution in [0, 0.1) is 0 Å². The van der Waals surface area contributed by atoms with E-state index < -0.39 is 0 Å². The van der Waals surface area contributed by atoms with E-state index in [1.807, 2.05) is 12.1 Å². The molecule has 0 atom stereocenters. The van der Waals surface area contributed by atoms with E-state index in [-0.39, 0.29) is 0 Å². The van der Waals surface area contributed by atoms with Gasteiger partial charge in [0.25, 0.3) is 0 Å². The molecule has 2 rings (SSSR count). The van der Waals surface area contributed by atoms with Crippen LogP contribution in [0.5, 0.6) is 5.88 Å². The van der Waals surface area contributed by atoms with E-state index >= 15 is 0 Å². The molecule has 0 amide bonds. The van der Waals surface area contributed by atoms with Crippen molar-refractivity contribution in [2.75, 3.05) is 0 Å². The molecule has 0 aliphatic carbocycles. The number of fused-ring (bicyclic) bond motifs is 1. The van der Waals surface area contributed by atoms with Crippen LogP contribution in [0.25, 0.3) is 0 Å². The Kier molecular flexibility index (Phi) is 1.22. The lowest BCUT2D eigenvalue weighted by Crippen LogP contribution is -2.00. The third kappa shape index (κ3) is 1.00. The van der Waals surface area contributed by atoms with Crippen LogP contribution >= 0.6 is 0 Å². The van der Waals surface area contributed by atoms with Gasteiger partial charge in [-0.15, -0.1) is 0 Å². The maximum atomic E-state index is 5.18. The van der Waals surface area contributed by atoms with E-state index in [0.29, 0.717) is 11.6 Å². The van der Waals surface area contributed by atoms with Crippen molar-refractivity contribution < 1.29 is 4.74 Å². The first-order valence-corrected chi connectivity index (χ1v) is 3.22. The van der Waals surface area contributed by atoms with Crippen molar-refractivity contribution in [2.45, 2.75) is 0 Å². The molecule has 1 aromatic heterocycles. The van der Waals surface area contributed by atoms with E-state index in [4.69, 9.17) is 4.74 Å². The second-order valence-electron chi connectivity index (χ2n) is 2.15. The summed E-state index contributed by atoms with van der Waals surface area (Å²) in [6.07, 6.45) is 3.23. The average molecular weight is 146 g/mol. The average Bonchev–Trinajstić information content (AvgIpc) is 2.04. The van der Waals surface area contributed by atoms with Crippen molar-refractivity contribution in [3.05, 3.63) is 30.7 Å². The Balaban J connectivity index is 2.54. The van der Waals surface area contributed by atoms with Gasteiger partial charge in [0.2, 0.25) is 5.88 Å². The van der Waals surface area contributed by atoms with E-state index in [1.165, 1.54) is 0 Å². The fraction of sp³-hybridized carbons (Fsp3) is 0. The van der Waals surface area contributed by atoms with Gasteiger partial charge in [-0.2, -0.15) is 0 Å². The highest BCUT2D eigenvalue weighted by atomic mass is 16.5. The normalized spacial score (nSPS) is 14.0. The van der Waals surface area contributed by atoms with Gasteiger partial charge in [0.05, 0.1) is 6.21 Å². The summed E-state index contributed by atoms with van der Waals surface area (Å²) in [6.45, 7) is 3.60. The van der Waals surface area contributed by atoms with Crippen molar-refractivity contribution in [3.63, 3.8) is 0 Å². The highest BCUT2D eigenvalue weighted by Gasteiger charge is 2.08. The molecule has 1 aromatic rings. The van der Waals surface area contributed by atoms with Crippen LogP contribution in [-0.2, 0) is 0 Å². The summed E-state index contributed by atoms with van der Waals surface area (Å²) >= 11 is 0. The van der Waals surface area contributed by atoms with Gasteiger partial charge in [0.1, 0.15) is 11.4 Å². The van der Waals surface area contributed by atoms with Crippen LogP contribution in [0.3, 0.4) is 0 Å². The third-order valence-corrected chi connectivity index (χ3v) is 1.33. The largest absolute Gasteiger partial charge is 0.436 e.